The maximum absolute atomic E-state index is 4.53. The average Bonchev–Trinajstić information content (AvgIpc) is 2.30. The third-order valence-corrected chi connectivity index (χ3v) is 2.28. The fourth-order valence-corrected chi connectivity index (χ4v) is 1.44. The number of hydrogen-bond donors (Lipinski definition) is 0. The molecular weight excluding hydrogens is 198 g/mol. The zero-order chi connectivity index (χ0) is 11.4. The Bertz CT molecular complexity index is 504. The van der Waals surface area contributed by atoms with Gasteiger partial charge in [-0.05, 0) is 31.5 Å². The maximum Gasteiger partial charge on any atom is 0.115 e. The van der Waals surface area contributed by atoms with E-state index in [0.717, 1.165) is 17.0 Å². The van der Waals surface area contributed by atoms with E-state index >= 15 is 0 Å². The topological polar surface area (TPSA) is 38.1 Å². The molecule has 3 nitrogen and oxygen atoms in total. The Balaban J connectivity index is 2.32. The van der Waals surface area contributed by atoms with Crippen LogP contribution in [0.3, 0.4) is 0 Å². The van der Waals surface area contributed by atoms with E-state index in [1.54, 1.807) is 12.4 Å². The van der Waals surface area contributed by atoms with E-state index in [-0.39, 0.29) is 0 Å². The Morgan fingerprint density at radius 3 is 2.62 bits per heavy atom. The van der Waals surface area contributed by atoms with E-state index in [9.17, 15) is 0 Å². The lowest BCUT2D eigenvalue weighted by Crippen LogP contribution is -1.95. The van der Waals surface area contributed by atoms with Gasteiger partial charge in [-0.3, -0.25) is 4.99 Å². The van der Waals surface area contributed by atoms with Gasteiger partial charge in [-0.25, -0.2) is 9.97 Å². The van der Waals surface area contributed by atoms with Crippen molar-refractivity contribution in [3.8, 4) is 0 Å². The van der Waals surface area contributed by atoms with Gasteiger partial charge in [-0.1, -0.05) is 12.1 Å². The fraction of sp³-hybridized carbons (Fsp3) is 0.154. The van der Waals surface area contributed by atoms with E-state index < -0.39 is 0 Å². The molecule has 2 aromatic rings. The first-order chi connectivity index (χ1) is 7.75. The predicted octanol–water partition coefficient (Wildman–Crippen LogP) is 2.93. The van der Waals surface area contributed by atoms with E-state index in [0.29, 0.717) is 0 Å². The monoisotopic (exact) mass is 211 g/mol. The van der Waals surface area contributed by atoms with Gasteiger partial charge in [-0.2, -0.15) is 0 Å². The summed E-state index contributed by atoms with van der Waals surface area (Å²) in [4.78, 5) is 12.5. The van der Waals surface area contributed by atoms with Gasteiger partial charge in [0.05, 0.1) is 5.69 Å². The van der Waals surface area contributed by atoms with Crippen LogP contribution in [0.4, 0.5) is 5.69 Å². The fourth-order valence-electron chi connectivity index (χ4n) is 1.44. The first-order valence-electron chi connectivity index (χ1n) is 5.13. The van der Waals surface area contributed by atoms with Crippen molar-refractivity contribution in [3.05, 3.63) is 54.1 Å². The normalized spacial score (nSPS) is 11.5. The zero-order valence-electron chi connectivity index (χ0n) is 9.38. The molecule has 2 rings (SSSR count). The lowest BCUT2D eigenvalue weighted by atomic mass is 10.2. The zero-order valence-corrected chi connectivity index (χ0v) is 9.38. The van der Waals surface area contributed by atoms with Crippen LogP contribution in [0.25, 0.3) is 0 Å². The first kappa shape index (κ1) is 10.5. The van der Waals surface area contributed by atoms with Crippen LogP contribution in [0, 0.1) is 6.92 Å². The molecule has 0 saturated heterocycles. The van der Waals surface area contributed by atoms with Gasteiger partial charge in [0.15, 0.2) is 0 Å². The second-order valence-corrected chi connectivity index (χ2v) is 3.66. The molecule has 0 N–H and O–H groups in total. The smallest absolute Gasteiger partial charge is 0.115 e. The predicted molar refractivity (Wildman–Crippen MR) is 65.1 cm³/mol. The average molecular weight is 211 g/mol. The Kier molecular flexibility index (Phi) is 3.05. The number of hydrogen-bond acceptors (Lipinski definition) is 3. The highest BCUT2D eigenvalue weighted by molar-refractivity contribution is 5.99. The summed E-state index contributed by atoms with van der Waals surface area (Å²) in [5.41, 5.74) is 4.04. The minimum atomic E-state index is 0.922. The van der Waals surface area contributed by atoms with Crippen LogP contribution < -0.4 is 0 Å². The molecule has 0 fully saturated rings. The van der Waals surface area contributed by atoms with Crippen LogP contribution >= 0.6 is 0 Å². The Morgan fingerprint density at radius 2 is 1.94 bits per heavy atom. The molecular formula is C13H13N3. The molecule has 0 aliphatic heterocycles. The Morgan fingerprint density at radius 1 is 1.19 bits per heavy atom. The summed E-state index contributed by atoms with van der Waals surface area (Å²) in [7, 11) is 0. The second-order valence-electron chi connectivity index (χ2n) is 3.66. The van der Waals surface area contributed by atoms with Crippen LogP contribution in [0.15, 0.2) is 48.0 Å². The standard InChI is InChI=1S/C13H13N3/c1-10-4-3-5-13(6-10)16-11(2)12-7-14-9-15-8-12/h3-9H,1-2H3/b16-11+. The number of aryl methyl sites for hydroxylation is 1. The molecule has 0 unspecified atom stereocenters. The molecule has 1 aromatic heterocycles. The molecule has 1 aromatic carbocycles. The lowest BCUT2D eigenvalue weighted by Gasteiger charge is -2.00. The molecule has 0 aliphatic rings. The third-order valence-electron chi connectivity index (χ3n) is 2.28. The molecule has 3 heteroatoms. The van der Waals surface area contributed by atoms with Gasteiger partial charge in [0.1, 0.15) is 6.33 Å². The van der Waals surface area contributed by atoms with Gasteiger partial charge >= 0.3 is 0 Å². The quantitative estimate of drug-likeness (QED) is 0.716. The Hall–Kier alpha value is -2.03. The summed E-state index contributed by atoms with van der Waals surface area (Å²) < 4.78 is 0. The summed E-state index contributed by atoms with van der Waals surface area (Å²) in [5.74, 6) is 0. The minimum absolute atomic E-state index is 0.922. The Labute approximate surface area is 94.9 Å². The molecule has 0 aliphatic carbocycles. The first-order valence-corrected chi connectivity index (χ1v) is 5.13. The highest BCUT2D eigenvalue weighted by Gasteiger charge is 1.97. The summed E-state index contributed by atoms with van der Waals surface area (Å²) in [5, 5.41) is 0. The van der Waals surface area contributed by atoms with Crippen molar-refractivity contribution in [3.63, 3.8) is 0 Å². The van der Waals surface area contributed by atoms with Gasteiger partial charge in [0.2, 0.25) is 0 Å². The van der Waals surface area contributed by atoms with E-state index in [1.165, 1.54) is 11.9 Å². The van der Waals surface area contributed by atoms with E-state index in [4.69, 9.17) is 0 Å². The molecule has 0 amide bonds. The molecule has 1 heterocycles. The minimum Gasteiger partial charge on any atom is -0.253 e. The third kappa shape index (κ3) is 2.51. The van der Waals surface area contributed by atoms with E-state index in [2.05, 4.69) is 28.0 Å². The highest BCUT2D eigenvalue weighted by Crippen LogP contribution is 2.15. The molecule has 0 atom stereocenters. The number of benzene rings is 1. The van der Waals surface area contributed by atoms with Crippen LogP contribution in [0.1, 0.15) is 18.1 Å². The van der Waals surface area contributed by atoms with Crippen molar-refractivity contribution in [1.82, 2.24) is 9.97 Å². The summed E-state index contributed by atoms with van der Waals surface area (Å²) in [6, 6.07) is 8.09. The van der Waals surface area contributed by atoms with Crippen molar-refractivity contribution in [2.45, 2.75) is 13.8 Å². The maximum atomic E-state index is 4.53. The van der Waals surface area contributed by atoms with Crippen LogP contribution in [-0.2, 0) is 0 Å². The largest absolute Gasteiger partial charge is 0.253 e. The van der Waals surface area contributed by atoms with Gasteiger partial charge in [0.25, 0.3) is 0 Å². The number of rotatable bonds is 2. The molecule has 0 bridgehead atoms. The SMILES string of the molecule is C/C(=N\c1cccc(C)c1)c1cncnc1. The molecule has 0 spiro atoms. The van der Waals surface area contributed by atoms with Crippen molar-refractivity contribution in [1.29, 1.82) is 0 Å². The summed E-state index contributed by atoms with van der Waals surface area (Å²) >= 11 is 0. The van der Waals surface area contributed by atoms with Crippen LogP contribution in [0.2, 0.25) is 0 Å². The van der Waals surface area contributed by atoms with Gasteiger partial charge in [-0.15, -0.1) is 0 Å². The van der Waals surface area contributed by atoms with Gasteiger partial charge < -0.3 is 0 Å². The number of aliphatic imine (C=N–C) groups is 1. The second kappa shape index (κ2) is 4.66. The number of nitrogens with zero attached hydrogens (tertiary/aromatic N) is 3. The van der Waals surface area contributed by atoms with Crippen molar-refractivity contribution in [2.24, 2.45) is 4.99 Å². The van der Waals surface area contributed by atoms with E-state index in [1.807, 2.05) is 25.1 Å². The summed E-state index contributed by atoms with van der Waals surface area (Å²) in [6.07, 6.45) is 5.05. The summed E-state index contributed by atoms with van der Waals surface area (Å²) in [6.45, 7) is 4.01. The van der Waals surface area contributed by atoms with Gasteiger partial charge in [0, 0.05) is 23.7 Å². The van der Waals surface area contributed by atoms with Crippen molar-refractivity contribution >= 4 is 11.4 Å². The number of aromatic nitrogens is 2. The van der Waals surface area contributed by atoms with Crippen LogP contribution in [-0.4, -0.2) is 15.7 Å². The van der Waals surface area contributed by atoms with Crippen LogP contribution in [0.5, 0.6) is 0 Å². The lowest BCUT2D eigenvalue weighted by molar-refractivity contribution is 1.16. The molecule has 0 saturated carbocycles. The molecule has 80 valence electrons. The van der Waals surface area contributed by atoms with Crippen molar-refractivity contribution in [2.75, 3.05) is 0 Å². The molecule has 16 heavy (non-hydrogen) atoms. The van der Waals surface area contributed by atoms with Crippen molar-refractivity contribution < 1.29 is 0 Å². The molecule has 0 radical (unpaired) electrons. The highest BCUT2D eigenvalue weighted by atomic mass is 14.8.